The molecule has 1 aromatic carbocycles. The van der Waals surface area contributed by atoms with E-state index in [2.05, 4.69) is 19.8 Å². The number of hydrogen-bond donors (Lipinski definition) is 2. The van der Waals surface area contributed by atoms with Crippen LogP contribution in [-0.2, 0) is 7.05 Å². The number of anilines is 1. The lowest BCUT2D eigenvalue weighted by molar-refractivity contribution is 0.515. The van der Waals surface area contributed by atoms with Crippen LogP contribution in [0.1, 0.15) is 24.1 Å². The number of benzene rings is 1. The topological polar surface area (TPSA) is 81.6 Å². The fourth-order valence-corrected chi connectivity index (χ4v) is 4.38. The van der Waals surface area contributed by atoms with Gasteiger partial charge in [-0.3, -0.25) is 9.67 Å². The fourth-order valence-electron chi connectivity index (χ4n) is 3.59. The van der Waals surface area contributed by atoms with Gasteiger partial charge in [0.1, 0.15) is 0 Å². The first-order valence-corrected chi connectivity index (χ1v) is 11.6. The lowest BCUT2D eigenvalue weighted by Crippen LogP contribution is -1.99. The Hall–Kier alpha value is -3.72. The zero-order valence-corrected chi connectivity index (χ0v) is 19.2. The lowest BCUT2D eigenvalue weighted by Gasteiger charge is -2.14. The predicted octanol–water partition coefficient (Wildman–Crippen LogP) is 5.39. The molecular weight excluding hydrogens is 454 g/mol. The van der Waals surface area contributed by atoms with Crippen molar-refractivity contribution in [2.24, 2.45) is 12.8 Å². The molecule has 3 aromatic heterocycles. The van der Waals surface area contributed by atoms with Crippen LogP contribution in [0.25, 0.3) is 27.8 Å². The van der Waals surface area contributed by atoms with Crippen molar-refractivity contribution in [3.63, 3.8) is 0 Å². The van der Waals surface area contributed by atoms with Crippen molar-refractivity contribution in [2.45, 2.75) is 18.1 Å². The maximum atomic E-state index is 14.5. The molecule has 0 atom stereocenters. The average molecular weight is 477 g/mol. The van der Waals surface area contributed by atoms with Crippen LogP contribution >= 0.6 is 11.9 Å². The SMILES string of the molecule is Cn1cc(-c2ccc(C(=CN)c3cc(NSC4CC4)cc(-c4ccc(F)nc4F)c3)nc2)cn1. The molecule has 1 aliphatic rings. The third-order valence-electron chi connectivity index (χ3n) is 5.48. The van der Waals surface area contributed by atoms with E-state index in [1.165, 1.54) is 25.1 Å². The summed E-state index contributed by atoms with van der Waals surface area (Å²) in [6.45, 7) is 0. The number of nitrogens with two attached hydrogens (primary N) is 1. The molecule has 1 fully saturated rings. The smallest absolute Gasteiger partial charge is 0.223 e. The van der Waals surface area contributed by atoms with Crippen LogP contribution in [0.4, 0.5) is 14.5 Å². The van der Waals surface area contributed by atoms with Crippen molar-refractivity contribution in [3.05, 3.63) is 90.4 Å². The molecule has 34 heavy (non-hydrogen) atoms. The second kappa shape index (κ2) is 9.26. The Kier molecular flexibility index (Phi) is 6.02. The summed E-state index contributed by atoms with van der Waals surface area (Å²) in [6, 6.07) is 12.0. The van der Waals surface area contributed by atoms with Crippen LogP contribution < -0.4 is 10.5 Å². The van der Waals surface area contributed by atoms with E-state index in [0.29, 0.717) is 22.1 Å². The monoisotopic (exact) mass is 476 g/mol. The van der Waals surface area contributed by atoms with Gasteiger partial charge in [-0.1, -0.05) is 6.07 Å². The van der Waals surface area contributed by atoms with E-state index in [-0.39, 0.29) is 5.56 Å². The highest BCUT2D eigenvalue weighted by molar-refractivity contribution is 8.01. The van der Waals surface area contributed by atoms with E-state index >= 15 is 0 Å². The van der Waals surface area contributed by atoms with Gasteiger partial charge in [0.25, 0.3) is 0 Å². The third-order valence-corrected chi connectivity index (χ3v) is 6.64. The van der Waals surface area contributed by atoms with Crippen molar-refractivity contribution in [3.8, 4) is 22.3 Å². The number of aromatic nitrogens is 4. The number of halogens is 2. The Balaban J connectivity index is 1.52. The van der Waals surface area contributed by atoms with Gasteiger partial charge in [0.05, 0.1) is 11.9 Å². The van der Waals surface area contributed by atoms with Gasteiger partial charge in [0, 0.05) is 58.8 Å². The Morgan fingerprint density at radius 2 is 1.94 bits per heavy atom. The van der Waals surface area contributed by atoms with E-state index < -0.39 is 11.9 Å². The quantitative estimate of drug-likeness (QED) is 0.275. The minimum Gasteiger partial charge on any atom is -0.404 e. The summed E-state index contributed by atoms with van der Waals surface area (Å²) in [5.74, 6) is -1.73. The standard InChI is InChI=1S/C25H22F2N6S/c1-33-14-18(13-30-33)15-2-6-23(29-12-15)22(11-28)17-8-16(21-5-7-24(26)31-25(21)27)9-19(10-17)32-34-20-3-4-20/h2,5-14,20,32H,3-4,28H2,1H3. The molecule has 0 bridgehead atoms. The second-order valence-electron chi connectivity index (χ2n) is 8.11. The predicted molar refractivity (Wildman–Crippen MR) is 132 cm³/mol. The highest BCUT2D eigenvalue weighted by Gasteiger charge is 2.22. The van der Waals surface area contributed by atoms with Crippen LogP contribution in [0, 0.1) is 11.9 Å². The van der Waals surface area contributed by atoms with Crippen LogP contribution in [0.3, 0.4) is 0 Å². The minimum absolute atomic E-state index is 0.207. The van der Waals surface area contributed by atoms with Gasteiger partial charge in [0.2, 0.25) is 11.9 Å². The molecule has 0 aliphatic heterocycles. The van der Waals surface area contributed by atoms with E-state index in [0.717, 1.165) is 28.4 Å². The van der Waals surface area contributed by atoms with Crippen LogP contribution in [0.15, 0.2) is 67.3 Å². The largest absolute Gasteiger partial charge is 0.404 e. The minimum atomic E-state index is -0.866. The number of nitrogens with zero attached hydrogens (tertiary/aromatic N) is 4. The van der Waals surface area contributed by atoms with Gasteiger partial charge in [-0.2, -0.15) is 18.9 Å². The van der Waals surface area contributed by atoms with Crippen molar-refractivity contribution in [1.82, 2.24) is 19.7 Å². The second-order valence-corrected chi connectivity index (χ2v) is 9.21. The van der Waals surface area contributed by atoms with Gasteiger partial charge >= 0.3 is 0 Å². The number of nitrogens with one attached hydrogen (secondary N) is 1. The first-order valence-electron chi connectivity index (χ1n) is 10.8. The van der Waals surface area contributed by atoms with Crippen LogP contribution in [0.2, 0.25) is 0 Å². The summed E-state index contributed by atoms with van der Waals surface area (Å²) in [7, 11) is 1.86. The summed E-state index contributed by atoms with van der Waals surface area (Å²) in [6.07, 6.45) is 9.29. The molecule has 1 aliphatic carbocycles. The molecule has 0 unspecified atom stereocenters. The maximum absolute atomic E-state index is 14.5. The molecule has 0 radical (unpaired) electrons. The van der Waals surface area contributed by atoms with Gasteiger partial charge in [-0.05, 0) is 72.3 Å². The molecule has 4 aromatic rings. The molecule has 6 nitrogen and oxygen atoms in total. The molecule has 1 saturated carbocycles. The van der Waals surface area contributed by atoms with E-state index in [1.807, 2.05) is 37.5 Å². The zero-order valence-electron chi connectivity index (χ0n) is 18.4. The van der Waals surface area contributed by atoms with Crippen molar-refractivity contribution in [1.29, 1.82) is 0 Å². The van der Waals surface area contributed by atoms with E-state index in [9.17, 15) is 8.78 Å². The molecule has 5 rings (SSSR count). The number of pyridine rings is 2. The molecule has 0 spiro atoms. The molecule has 9 heteroatoms. The van der Waals surface area contributed by atoms with Gasteiger partial charge < -0.3 is 10.5 Å². The highest BCUT2D eigenvalue weighted by Crippen LogP contribution is 2.37. The van der Waals surface area contributed by atoms with Crippen molar-refractivity contribution < 1.29 is 8.78 Å². The van der Waals surface area contributed by atoms with E-state index in [4.69, 9.17) is 5.73 Å². The Bertz CT molecular complexity index is 1360. The highest BCUT2D eigenvalue weighted by atomic mass is 32.2. The molecule has 0 saturated heterocycles. The molecule has 172 valence electrons. The number of aryl methyl sites for hydroxylation is 1. The van der Waals surface area contributed by atoms with Crippen molar-refractivity contribution >= 4 is 23.2 Å². The Morgan fingerprint density at radius 1 is 1.09 bits per heavy atom. The lowest BCUT2D eigenvalue weighted by atomic mass is 9.97. The fraction of sp³-hybridized carbons (Fsp3) is 0.160. The zero-order chi connectivity index (χ0) is 23.7. The average Bonchev–Trinajstić information content (AvgIpc) is 3.57. The third kappa shape index (κ3) is 4.79. The van der Waals surface area contributed by atoms with Crippen molar-refractivity contribution in [2.75, 3.05) is 4.72 Å². The Morgan fingerprint density at radius 3 is 2.59 bits per heavy atom. The normalized spacial score (nSPS) is 13.8. The number of rotatable bonds is 7. The Labute approximate surface area is 200 Å². The molecular formula is C25H22F2N6S. The summed E-state index contributed by atoms with van der Waals surface area (Å²) >= 11 is 1.64. The maximum Gasteiger partial charge on any atom is 0.223 e. The van der Waals surface area contributed by atoms with Gasteiger partial charge in [0.15, 0.2) is 0 Å². The van der Waals surface area contributed by atoms with Crippen LogP contribution in [-0.4, -0.2) is 25.0 Å². The van der Waals surface area contributed by atoms with Crippen LogP contribution in [0.5, 0.6) is 0 Å². The van der Waals surface area contributed by atoms with E-state index in [1.54, 1.807) is 35.1 Å². The summed E-state index contributed by atoms with van der Waals surface area (Å²) < 4.78 is 33.0. The van der Waals surface area contributed by atoms with Gasteiger partial charge in [-0.25, -0.2) is 0 Å². The molecule has 3 heterocycles. The summed E-state index contributed by atoms with van der Waals surface area (Å²) in [5, 5.41) is 4.77. The molecule has 0 amide bonds. The number of hydrogen-bond acceptors (Lipinski definition) is 6. The first kappa shape index (κ1) is 22.1. The van der Waals surface area contributed by atoms with Gasteiger partial charge in [-0.15, -0.1) is 0 Å². The first-order chi connectivity index (χ1) is 16.5. The summed E-state index contributed by atoms with van der Waals surface area (Å²) in [4.78, 5) is 7.95. The molecule has 3 N–H and O–H groups in total. The summed E-state index contributed by atoms with van der Waals surface area (Å²) in [5.41, 5.74) is 11.6.